The Kier molecular flexibility index (Phi) is 4.41. The van der Waals surface area contributed by atoms with Gasteiger partial charge >= 0.3 is 0 Å². The van der Waals surface area contributed by atoms with Crippen LogP contribution in [0.5, 0.6) is 0 Å². The van der Waals surface area contributed by atoms with Crippen LogP contribution in [-0.4, -0.2) is 24.0 Å². The highest BCUT2D eigenvalue weighted by atomic mass is 16.1. The first-order valence-electron chi connectivity index (χ1n) is 7.34. The minimum absolute atomic E-state index is 0.158. The van der Waals surface area contributed by atoms with E-state index in [0.717, 1.165) is 18.8 Å². The van der Waals surface area contributed by atoms with Gasteiger partial charge in [-0.05, 0) is 56.3 Å². The van der Waals surface area contributed by atoms with Gasteiger partial charge in [0.05, 0.1) is 6.04 Å². The molecule has 2 saturated carbocycles. The fourth-order valence-corrected chi connectivity index (χ4v) is 3.95. The van der Waals surface area contributed by atoms with Crippen molar-refractivity contribution in [3.63, 3.8) is 0 Å². The second-order valence-corrected chi connectivity index (χ2v) is 6.15. The second-order valence-electron chi connectivity index (χ2n) is 6.15. The largest absolute Gasteiger partial charge is 0.298 e. The van der Waals surface area contributed by atoms with E-state index in [-0.39, 0.29) is 11.8 Å². The standard InChI is InChI=1S/C14H27N3O/c1-3-13(18)12(17(15)16-2)6-9-14-7-4-11(10-14)5-8-14/h11-12,16H,3-10,15H2,1-2H3. The first kappa shape index (κ1) is 14.0. The van der Waals surface area contributed by atoms with Gasteiger partial charge < -0.3 is 0 Å². The molecular formula is C14H27N3O. The van der Waals surface area contributed by atoms with Gasteiger partial charge in [-0.15, -0.1) is 0 Å². The summed E-state index contributed by atoms with van der Waals surface area (Å²) in [4.78, 5) is 12.0. The van der Waals surface area contributed by atoms with Crippen molar-refractivity contribution in [1.82, 2.24) is 10.5 Å². The number of nitrogens with zero attached hydrogens (tertiary/aromatic N) is 1. The topological polar surface area (TPSA) is 58.4 Å². The maximum Gasteiger partial charge on any atom is 0.152 e. The van der Waals surface area contributed by atoms with Gasteiger partial charge in [0.2, 0.25) is 0 Å². The molecule has 0 aliphatic heterocycles. The van der Waals surface area contributed by atoms with E-state index in [1.54, 1.807) is 7.05 Å². The lowest BCUT2D eigenvalue weighted by Gasteiger charge is -2.31. The van der Waals surface area contributed by atoms with Crippen molar-refractivity contribution in [3.05, 3.63) is 0 Å². The predicted octanol–water partition coefficient (Wildman–Crippen LogP) is 2.00. The third kappa shape index (κ3) is 2.76. The van der Waals surface area contributed by atoms with Gasteiger partial charge in [0.15, 0.2) is 5.78 Å². The van der Waals surface area contributed by atoms with Crippen molar-refractivity contribution < 1.29 is 4.79 Å². The van der Waals surface area contributed by atoms with Gasteiger partial charge in [0, 0.05) is 13.5 Å². The summed E-state index contributed by atoms with van der Waals surface area (Å²) in [5.74, 6) is 7.10. The Hall–Kier alpha value is -0.450. The van der Waals surface area contributed by atoms with E-state index in [4.69, 9.17) is 5.84 Å². The molecule has 2 aliphatic carbocycles. The molecule has 1 unspecified atom stereocenters. The third-order valence-corrected chi connectivity index (χ3v) is 5.15. The quantitative estimate of drug-likeness (QED) is 0.538. The molecule has 104 valence electrons. The van der Waals surface area contributed by atoms with E-state index in [2.05, 4.69) is 5.43 Å². The number of hydrazine groups is 2. The van der Waals surface area contributed by atoms with Crippen LogP contribution in [0.4, 0.5) is 0 Å². The number of nitrogens with one attached hydrogen (secondary N) is 1. The van der Waals surface area contributed by atoms with Crippen LogP contribution in [0.1, 0.15) is 58.3 Å². The number of hydrogen-bond donors (Lipinski definition) is 2. The normalized spacial score (nSPS) is 32.1. The van der Waals surface area contributed by atoms with E-state index in [0.29, 0.717) is 11.8 Å². The number of hydrogen-bond acceptors (Lipinski definition) is 4. The Morgan fingerprint density at radius 1 is 1.50 bits per heavy atom. The first-order chi connectivity index (χ1) is 8.60. The van der Waals surface area contributed by atoms with Gasteiger partial charge in [-0.25, -0.2) is 5.43 Å². The molecular weight excluding hydrogens is 226 g/mol. The molecule has 0 aromatic carbocycles. The highest BCUT2D eigenvalue weighted by molar-refractivity contribution is 5.83. The number of Topliss-reactive ketones (excluding diaryl/α,β-unsaturated/α-hetero) is 1. The summed E-state index contributed by atoms with van der Waals surface area (Å²) in [5.41, 5.74) is 3.43. The smallest absolute Gasteiger partial charge is 0.152 e. The van der Waals surface area contributed by atoms with Crippen LogP contribution in [0.15, 0.2) is 0 Å². The van der Waals surface area contributed by atoms with Crippen molar-refractivity contribution in [2.24, 2.45) is 17.2 Å². The minimum Gasteiger partial charge on any atom is -0.298 e. The summed E-state index contributed by atoms with van der Waals surface area (Å²) in [6.45, 7) is 1.91. The molecule has 1 atom stereocenters. The number of carbonyl (C=O) groups is 1. The van der Waals surface area contributed by atoms with Gasteiger partial charge in [-0.1, -0.05) is 6.92 Å². The van der Waals surface area contributed by atoms with E-state index in [1.807, 2.05) is 6.92 Å². The van der Waals surface area contributed by atoms with Crippen LogP contribution < -0.4 is 11.3 Å². The maximum absolute atomic E-state index is 12.0. The molecule has 0 amide bonds. The molecule has 0 aromatic rings. The zero-order valence-electron chi connectivity index (χ0n) is 11.7. The number of carbonyl (C=O) groups excluding carboxylic acids is 1. The molecule has 4 heteroatoms. The van der Waals surface area contributed by atoms with E-state index in [9.17, 15) is 4.79 Å². The van der Waals surface area contributed by atoms with Gasteiger partial charge in [-0.3, -0.25) is 10.6 Å². The lowest BCUT2D eigenvalue weighted by molar-refractivity contribution is -0.125. The zero-order chi connectivity index (χ0) is 13.2. The molecule has 18 heavy (non-hydrogen) atoms. The predicted molar refractivity (Wildman–Crippen MR) is 72.4 cm³/mol. The summed E-state index contributed by atoms with van der Waals surface area (Å²) in [7, 11) is 1.77. The Balaban J connectivity index is 1.91. The molecule has 2 bridgehead atoms. The van der Waals surface area contributed by atoms with Crippen molar-refractivity contribution in [2.45, 2.75) is 64.3 Å². The first-order valence-corrected chi connectivity index (χ1v) is 7.34. The average Bonchev–Trinajstić information content (AvgIpc) is 2.98. The van der Waals surface area contributed by atoms with Crippen LogP contribution in [0.3, 0.4) is 0 Å². The monoisotopic (exact) mass is 253 g/mol. The molecule has 0 aromatic heterocycles. The Bertz CT molecular complexity index is 297. The molecule has 0 radical (unpaired) electrons. The van der Waals surface area contributed by atoms with Gasteiger partial charge in [0.1, 0.15) is 0 Å². The molecule has 4 nitrogen and oxygen atoms in total. The van der Waals surface area contributed by atoms with Gasteiger partial charge in [-0.2, -0.15) is 5.12 Å². The lowest BCUT2D eigenvalue weighted by Crippen LogP contribution is -2.52. The highest BCUT2D eigenvalue weighted by Gasteiger charge is 2.44. The molecule has 2 fully saturated rings. The summed E-state index contributed by atoms with van der Waals surface area (Å²) >= 11 is 0. The van der Waals surface area contributed by atoms with Crippen LogP contribution in [0, 0.1) is 11.3 Å². The number of nitrogens with two attached hydrogens (primary N) is 1. The molecule has 0 spiro atoms. The van der Waals surface area contributed by atoms with Crippen LogP contribution >= 0.6 is 0 Å². The average molecular weight is 253 g/mol. The lowest BCUT2D eigenvalue weighted by atomic mass is 9.79. The molecule has 0 saturated heterocycles. The number of fused-ring (bicyclic) bond motifs is 2. The van der Waals surface area contributed by atoms with Crippen LogP contribution in [0.25, 0.3) is 0 Å². The van der Waals surface area contributed by atoms with Crippen LogP contribution in [-0.2, 0) is 4.79 Å². The molecule has 0 heterocycles. The molecule has 2 rings (SSSR count). The Labute approximate surface area is 110 Å². The van der Waals surface area contributed by atoms with E-state index < -0.39 is 0 Å². The SMILES string of the molecule is CCC(=O)C(CCC12CCC(CC1)C2)N(N)NC. The molecule has 3 N–H and O–H groups in total. The fourth-order valence-electron chi connectivity index (χ4n) is 3.95. The zero-order valence-corrected chi connectivity index (χ0v) is 11.7. The fraction of sp³-hybridized carbons (Fsp3) is 0.929. The minimum atomic E-state index is -0.158. The summed E-state index contributed by atoms with van der Waals surface area (Å²) < 4.78 is 0. The second kappa shape index (κ2) is 5.68. The Morgan fingerprint density at radius 3 is 2.61 bits per heavy atom. The number of ketones is 1. The summed E-state index contributed by atoms with van der Waals surface area (Å²) in [6, 6.07) is -0.158. The maximum atomic E-state index is 12.0. The van der Waals surface area contributed by atoms with Crippen molar-refractivity contribution >= 4 is 5.78 Å². The summed E-state index contributed by atoms with van der Waals surface area (Å²) in [6.07, 6.45) is 9.57. The number of rotatable bonds is 7. The summed E-state index contributed by atoms with van der Waals surface area (Å²) in [5, 5.41) is 1.49. The third-order valence-electron chi connectivity index (χ3n) is 5.15. The molecule has 2 aliphatic rings. The van der Waals surface area contributed by atoms with Gasteiger partial charge in [0.25, 0.3) is 0 Å². The van der Waals surface area contributed by atoms with E-state index >= 15 is 0 Å². The van der Waals surface area contributed by atoms with Crippen LogP contribution in [0.2, 0.25) is 0 Å². The van der Waals surface area contributed by atoms with Crippen molar-refractivity contribution in [3.8, 4) is 0 Å². The van der Waals surface area contributed by atoms with E-state index in [1.165, 1.54) is 37.2 Å². The van der Waals surface area contributed by atoms with Crippen molar-refractivity contribution in [1.29, 1.82) is 0 Å². The highest BCUT2D eigenvalue weighted by Crippen LogP contribution is 2.56. The van der Waals surface area contributed by atoms with Crippen molar-refractivity contribution in [2.75, 3.05) is 7.05 Å². The Morgan fingerprint density at radius 2 is 2.17 bits per heavy atom.